The second-order valence-corrected chi connectivity index (χ2v) is 7.78. The average molecular weight is 426 g/mol. The SMILES string of the molecule is CC(=O)Nc1cccc(C(C)NC(=O)Nc2ccc(CN3C(=O)CSC3=O)cc2)c1. The molecule has 1 fully saturated rings. The van der Waals surface area contributed by atoms with Crippen molar-refractivity contribution in [2.24, 2.45) is 0 Å². The quantitative estimate of drug-likeness (QED) is 0.652. The number of imide groups is 1. The van der Waals surface area contributed by atoms with Gasteiger partial charge in [-0.15, -0.1) is 0 Å². The number of thioether (sulfide) groups is 1. The Balaban J connectivity index is 1.55. The van der Waals surface area contributed by atoms with Gasteiger partial charge < -0.3 is 16.0 Å². The van der Waals surface area contributed by atoms with Gasteiger partial charge in [0.05, 0.1) is 18.3 Å². The van der Waals surface area contributed by atoms with Gasteiger partial charge >= 0.3 is 6.03 Å². The zero-order valence-corrected chi connectivity index (χ0v) is 17.4. The van der Waals surface area contributed by atoms with Crippen molar-refractivity contribution < 1.29 is 19.2 Å². The van der Waals surface area contributed by atoms with Gasteiger partial charge in [0.15, 0.2) is 0 Å². The predicted octanol–water partition coefficient (Wildman–Crippen LogP) is 3.72. The van der Waals surface area contributed by atoms with E-state index in [1.807, 2.05) is 19.1 Å². The topological polar surface area (TPSA) is 108 Å². The fraction of sp³-hybridized carbons (Fsp3) is 0.238. The highest BCUT2D eigenvalue weighted by Crippen LogP contribution is 2.22. The van der Waals surface area contributed by atoms with Crippen molar-refractivity contribution >= 4 is 46.2 Å². The molecule has 5 amide bonds. The highest BCUT2D eigenvalue weighted by Gasteiger charge is 2.29. The van der Waals surface area contributed by atoms with Crippen molar-refractivity contribution in [1.82, 2.24) is 10.2 Å². The number of rotatable bonds is 6. The van der Waals surface area contributed by atoms with E-state index >= 15 is 0 Å². The molecule has 0 aromatic heterocycles. The van der Waals surface area contributed by atoms with Gasteiger partial charge in [0, 0.05) is 18.3 Å². The summed E-state index contributed by atoms with van der Waals surface area (Å²) in [7, 11) is 0. The summed E-state index contributed by atoms with van der Waals surface area (Å²) in [6.07, 6.45) is 0. The Morgan fingerprint density at radius 1 is 1.07 bits per heavy atom. The number of benzene rings is 2. The van der Waals surface area contributed by atoms with Crippen molar-refractivity contribution in [1.29, 1.82) is 0 Å². The van der Waals surface area contributed by atoms with Crippen LogP contribution < -0.4 is 16.0 Å². The second kappa shape index (κ2) is 9.45. The molecule has 1 saturated heterocycles. The monoisotopic (exact) mass is 426 g/mol. The Morgan fingerprint density at radius 3 is 2.43 bits per heavy atom. The molecule has 9 heteroatoms. The Kier molecular flexibility index (Phi) is 6.73. The molecule has 156 valence electrons. The maximum Gasteiger partial charge on any atom is 0.319 e. The molecule has 0 aliphatic carbocycles. The van der Waals surface area contributed by atoms with Crippen molar-refractivity contribution in [3.63, 3.8) is 0 Å². The maximum atomic E-state index is 12.3. The smallest absolute Gasteiger partial charge is 0.319 e. The first-order valence-electron chi connectivity index (χ1n) is 9.33. The third-order valence-electron chi connectivity index (χ3n) is 4.45. The van der Waals surface area contributed by atoms with Gasteiger partial charge in [0.1, 0.15) is 0 Å². The van der Waals surface area contributed by atoms with Crippen molar-refractivity contribution in [3.05, 3.63) is 59.7 Å². The maximum absolute atomic E-state index is 12.3. The normalized spacial score (nSPS) is 14.4. The van der Waals surface area contributed by atoms with Crippen LogP contribution in [0.15, 0.2) is 48.5 Å². The van der Waals surface area contributed by atoms with Gasteiger partial charge in [-0.1, -0.05) is 36.0 Å². The molecule has 1 heterocycles. The predicted molar refractivity (Wildman–Crippen MR) is 116 cm³/mol. The Labute approximate surface area is 178 Å². The van der Waals surface area contributed by atoms with Crippen LogP contribution in [0.3, 0.4) is 0 Å². The van der Waals surface area contributed by atoms with Crippen LogP contribution in [0.5, 0.6) is 0 Å². The molecule has 1 aliphatic rings. The second-order valence-electron chi connectivity index (χ2n) is 6.86. The summed E-state index contributed by atoms with van der Waals surface area (Å²) in [5.41, 5.74) is 2.90. The van der Waals surface area contributed by atoms with Crippen LogP contribution in [0, 0.1) is 0 Å². The zero-order chi connectivity index (χ0) is 21.7. The van der Waals surface area contributed by atoms with Gasteiger partial charge in [-0.2, -0.15) is 0 Å². The van der Waals surface area contributed by atoms with Gasteiger partial charge in [0.25, 0.3) is 5.24 Å². The number of carbonyl (C=O) groups is 4. The zero-order valence-electron chi connectivity index (χ0n) is 16.6. The minimum absolute atomic E-state index is 0.161. The Morgan fingerprint density at radius 2 is 1.80 bits per heavy atom. The minimum atomic E-state index is -0.374. The van der Waals surface area contributed by atoms with Crippen molar-refractivity contribution in [3.8, 4) is 0 Å². The van der Waals surface area contributed by atoms with E-state index < -0.39 is 0 Å². The molecule has 0 radical (unpaired) electrons. The molecule has 2 aromatic rings. The lowest BCUT2D eigenvalue weighted by molar-refractivity contribution is -0.125. The van der Waals surface area contributed by atoms with E-state index in [0.29, 0.717) is 11.4 Å². The van der Waals surface area contributed by atoms with Gasteiger partial charge in [-0.3, -0.25) is 19.3 Å². The van der Waals surface area contributed by atoms with E-state index in [2.05, 4.69) is 16.0 Å². The van der Waals surface area contributed by atoms with E-state index in [1.54, 1.807) is 36.4 Å². The summed E-state index contributed by atoms with van der Waals surface area (Å²) >= 11 is 1.00. The molecule has 0 spiro atoms. The number of carbonyl (C=O) groups excluding carboxylic acids is 4. The van der Waals surface area contributed by atoms with E-state index in [4.69, 9.17) is 0 Å². The van der Waals surface area contributed by atoms with Crippen LogP contribution in [-0.4, -0.2) is 33.7 Å². The van der Waals surface area contributed by atoms with Crippen molar-refractivity contribution in [2.45, 2.75) is 26.4 Å². The lowest BCUT2D eigenvalue weighted by Gasteiger charge is -2.16. The lowest BCUT2D eigenvalue weighted by Crippen LogP contribution is -2.31. The van der Waals surface area contributed by atoms with E-state index in [-0.39, 0.29) is 41.4 Å². The molecular weight excluding hydrogens is 404 g/mol. The molecule has 8 nitrogen and oxygen atoms in total. The Hall–Kier alpha value is -3.33. The molecule has 3 rings (SSSR count). The van der Waals surface area contributed by atoms with Gasteiger partial charge in [-0.05, 0) is 42.3 Å². The molecule has 1 unspecified atom stereocenters. The summed E-state index contributed by atoms with van der Waals surface area (Å²) in [6.45, 7) is 3.50. The fourth-order valence-corrected chi connectivity index (χ4v) is 3.67. The third kappa shape index (κ3) is 5.60. The van der Waals surface area contributed by atoms with Crippen LogP contribution >= 0.6 is 11.8 Å². The summed E-state index contributed by atoms with van der Waals surface area (Å²) in [6, 6.07) is 13.6. The molecule has 1 atom stereocenters. The molecule has 30 heavy (non-hydrogen) atoms. The molecular formula is C21H22N4O4S. The first kappa shape index (κ1) is 21.4. The lowest BCUT2D eigenvalue weighted by atomic mass is 10.1. The molecule has 3 N–H and O–H groups in total. The van der Waals surface area contributed by atoms with Crippen molar-refractivity contribution in [2.75, 3.05) is 16.4 Å². The summed E-state index contributed by atoms with van der Waals surface area (Å²) in [5.74, 6) is -0.167. The van der Waals surface area contributed by atoms with Crippen LogP contribution in [0.25, 0.3) is 0 Å². The molecule has 2 aromatic carbocycles. The number of hydrogen-bond acceptors (Lipinski definition) is 5. The highest BCUT2D eigenvalue weighted by molar-refractivity contribution is 8.14. The van der Waals surface area contributed by atoms with Crippen LogP contribution in [0.4, 0.5) is 21.0 Å². The van der Waals surface area contributed by atoms with E-state index in [1.165, 1.54) is 11.8 Å². The molecule has 0 saturated carbocycles. The number of amides is 5. The summed E-state index contributed by atoms with van der Waals surface area (Å²) in [5, 5.41) is 8.08. The van der Waals surface area contributed by atoms with Gasteiger partial charge in [0.2, 0.25) is 11.8 Å². The van der Waals surface area contributed by atoms with E-state index in [0.717, 1.165) is 22.9 Å². The van der Waals surface area contributed by atoms with Gasteiger partial charge in [-0.25, -0.2) is 4.79 Å². The van der Waals surface area contributed by atoms with Crippen LogP contribution in [-0.2, 0) is 16.1 Å². The third-order valence-corrected chi connectivity index (χ3v) is 5.31. The first-order valence-corrected chi connectivity index (χ1v) is 10.3. The average Bonchev–Trinajstić information content (AvgIpc) is 3.01. The van der Waals surface area contributed by atoms with Crippen LogP contribution in [0.2, 0.25) is 0 Å². The molecule has 0 bridgehead atoms. The number of urea groups is 1. The number of hydrogen-bond donors (Lipinski definition) is 3. The summed E-state index contributed by atoms with van der Waals surface area (Å²) in [4.78, 5) is 48.1. The first-order chi connectivity index (χ1) is 14.3. The molecule has 1 aliphatic heterocycles. The summed E-state index contributed by atoms with van der Waals surface area (Å²) < 4.78 is 0. The Bertz CT molecular complexity index is 961. The standard InChI is InChI=1S/C21H22N4O4S/c1-13(16-4-3-5-18(10-16)23-14(2)26)22-20(28)24-17-8-6-15(7-9-17)11-25-19(27)12-30-21(25)29/h3-10,13H,11-12H2,1-2H3,(H,23,26)(H2,22,24,28). The minimum Gasteiger partial charge on any atom is -0.331 e. The highest BCUT2D eigenvalue weighted by atomic mass is 32.2. The fourth-order valence-electron chi connectivity index (χ4n) is 2.95. The largest absolute Gasteiger partial charge is 0.331 e. The number of nitrogens with zero attached hydrogens (tertiary/aromatic N) is 1. The van der Waals surface area contributed by atoms with Crippen LogP contribution in [0.1, 0.15) is 31.0 Å². The number of nitrogens with one attached hydrogen (secondary N) is 3. The number of anilines is 2. The van der Waals surface area contributed by atoms with E-state index in [9.17, 15) is 19.2 Å².